The van der Waals surface area contributed by atoms with Gasteiger partial charge in [0.05, 0.1) is 31.5 Å². The van der Waals surface area contributed by atoms with Gasteiger partial charge in [-0.05, 0) is 18.2 Å². The Bertz CT molecular complexity index is 569. The molecule has 1 N–H and O–H groups in total. The Labute approximate surface area is 116 Å². The quantitative estimate of drug-likeness (QED) is 0.859. The lowest BCUT2D eigenvalue weighted by molar-refractivity contribution is -0.117. The predicted octanol–water partition coefficient (Wildman–Crippen LogP) is 1.25. The van der Waals surface area contributed by atoms with Gasteiger partial charge in [-0.2, -0.15) is 0 Å². The molecule has 1 aromatic carbocycles. The first-order chi connectivity index (χ1) is 9.74. The molecule has 0 atom stereocenters. The summed E-state index contributed by atoms with van der Waals surface area (Å²) in [5, 5.41) is 10.3. The van der Waals surface area contributed by atoms with Gasteiger partial charge < -0.3 is 14.8 Å². The molecule has 0 unspecified atom stereocenters. The van der Waals surface area contributed by atoms with E-state index in [4.69, 9.17) is 9.47 Å². The van der Waals surface area contributed by atoms with Crippen molar-refractivity contribution in [2.45, 2.75) is 6.42 Å². The fourth-order valence-corrected chi connectivity index (χ4v) is 1.70. The van der Waals surface area contributed by atoms with Gasteiger partial charge in [-0.1, -0.05) is 0 Å². The van der Waals surface area contributed by atoms with Crippen LogP contribution in [0.3, 0.4) is 0 Å². The van der Waals surface area contributed by atoms with Gasteiger partial charge in [0.25, 0.3) is 0 Å². The number of amides is 1. The number of hydrogen-bond acceptors (Lipinski definition) is 5. The van der Waals surface area contributed by atoms with E-state index in [1.54, 1.807) is 43.6 Å². The van der Waals surface area contributed by atoms with Gasteiger partial charge in [0.15, 0.2) is 0 Å². The lowest BCUT2D eigenvalue weighted by Gasteiger charge is -2.12. The minimum absolute atomic E-state index is 0.133. The molecule has 7 nitrogen and oxygen atoms in total. The maximum atomic E-state index is 11.8. The van der Waals surface area contributed by atoms with Crippen LogP contribution in [-0.2, 0) is 9.53 Å². The largest absolute Gasteiger partial charge is 0.495 e. The highest BCUT2D eigenvalue weighted by atomic mass is 16.5. The fourth-order valence-electron chi connectivity index (χ4n) is 1.70. The number of methoxy groups -OCH3 is 2. The molecule has 1 amide bonds. The van der Waals surface area contributed by atoms with Crippen molar-refractivity contribution >= 4 is 11.6 Å². The fraction of sp³-hybridized carbons (Fsp3) is 0.308. The molecule has 1 aromatic heterocycles. The first-order valence-electron chi connectivity index (χ1n) is 6.06. The van der Waals surface area contributed by atoms with Crippen molar-refractivity contribution in [2.75, 3.05) is 26.1 Å². The zero-order chi connectivity index (χ0) is 14.4. The monoisotopic (exact) mass is 276 g/mol. The number of carbonyl (C=O) groups excluding carboxylic acids is 1. The van der Waals surface area contributed by atoms with Crippen molar-refractivity contribution in [3.63, 3.8) is 0 Å². The third kappa shape index (κ3) is 3.33. The first-order valence-corrected chi connectivity index (χ1v) is 6.06. The molecule has 0 saturated carbocycles. The number of rotatable bonds is 6. The molecule has 0 fully saturated rings. The Morgan fingerprint density at radius 2 is 2.05 bits per heavy atom. The van der Waals surface area contributed by atoms with Crippen LogP contribution in [0.15, 0.2) is 30.9 Å². The summed E-state index contributed by atoms with van der Waals surface area (Å²) < 4.78 is 11.9. The van der Waals surface area contributed by atoms with Crippen molar-refractivity contribution in [1.82, 2.24) is 14.8 Å². The van der Waals surface area contributed by atoms with Crippen LogP contribution in [0.1, 0.15) is 6.42 Å². The van der Waals surface area contributed by atoms with E-state index in [-0.39, 0.29) is 12.3 Å². The topological polar surface area (TPSA) is 78.3 Å². The first kappa shape index (κ1) is 14.0. The summed E-state index contributed by atoms with van der Waals surface area (Å²) in [6, 6.07) is 5.43. The molecule has 0 aliphatic heterocycles. The van der Waals surface area contributed by atoms with Crippen LogP contribution in [0.2, 0.25) is 0 Å². The molecule has 0 aliphatic rings. The zero-order valence-electron chi connectivity index (χ0n) is 11.4. The summed E-state index contributed by atoms with van der Waals surface area (Å²) in [6.45, 7) is 0.374. The molecule has 0 spiro atoms. The molecule has 2 aromatic rings. The van der Waals surface area contributed by atoms with Crippen LogP contribution < -0.4 is 10.1 Å². The predicted molar refractivity (Wildman–Crippen MR) is 73.0 cm³/mol. The Kier molecular flexibility index (Phi) is 4.67. The normalized spacial score (nSPS) is 10.3. The highest BCUT2D eigenvalue weighted by molar-refractivity contribution is 5.92. The average Bonchev–Trinajstić information content (AvgIpc) is 2.99. The van der Waals surface area contributed by atoms with Crippen molar-refractivity contribution in [3.8, 4) is 11.4 Å². The number of nitrogens with zero attached hydrogens (tertiary/aromatic N) is 3. The minimum atomic E-state index is -0.133. The van der Waals surface area contributed by atoms with E-state index < -0.39 is 0 Å². The van der Waals surface area contributed by atoms with Crippen LogP contribution in [0.5, 0.6) is 5.75 Å². The number of ether oxygens (including phenoxy) is 2. The second-order valence-electron chi connectivity index (χ2n) is 4.04. The average molecular weight is 276 g/mol. The minimum Gasteiger partial charge on any atom is -0.495 e. The van der Waals surface area contributed by atoms with Crippen molar-refractivity contribution in [1.29, 1.82) is 0 Å². The van der Waals surface area contributed by atoms with Gasteiger partial charge >= 0.3 is 0 Å². The Morgan fingerprint density at radius 3 is 2.70 bits per heavy atom. The number of aromatic nitrogens is 3. The molecule has 7 heteroatoms. The van der Waals surface area contributed by atoms with Crippen LogP contribution in [0.4, 0.5) is 5.69 Å². The Morgan fingerprint density at radius 1 is 1.30 bits per heavy atom. The molecular formula is C13H16N4O3. The summed E-state index contributed by atoms with van der Waals surface area (Å²) in [7, 11) is 3.11. The van der Waals surface area contributed by atoms with Crippen LogP contribution in [0.25, 0.3) is 5.69 Å². The second kappa shape index (κ2) is 6.67. The molecule has 0 saturated heterocycles. The number of nitrogens with one attached hydrogen (secondary N) is 1. The SMILES string of the molecule is COCCC(=O)Nc1cc(-n2cnnc2)ccc1OC. The van der Waals surface area contributed by atoms with E-state index >= 15 is 0 Å². The zero-order valence-corrected chi connectivity index (χ0v) is 11.4. The highest BCUT2D eigenvalue weighted by Crippen LogP contribution is 2.27. The smallest absolute Gasteiger partial charge is 0.226 e. The van der Waals surface area contributed by atoms with Gasteiger partial charge in [0.1, 0.15) is 18.4 Å². The number of hydrogen-bond donors (Lipinski definition) is 1. The van der Waals surface area contributed by atoms with Crippen LogP contribution in [0, 0.1) is 0 Å². The summed E-state index contributed by atoms with van der Waals surface area (Å²) >= 11 is 0. The van der Waals surface area contributed by atoms with Gasteiger partial charge in [-0.3, -0.25) is 9.36 Å². The van der Waals surface area contributed by atoms with Crippen molar-refractivity contribution < 1.29 is 14.3 Å². The molecule has 0 aliphatic carbocycles. The van der Waals surface area contributed by atoms with Gasteiger partial charge in [-0.25, -0.2) is 0 Å². The number of benzene rings is 1. The lowest BCUT2D eigenvalue weighted by atomic mass is 10.2. The van der Waals surface area contributed by atoms with Crippen LogP contribution >= 0.6 is 0 Å². The summed E-state index contributed by atoms with van der Waals surface area (Å²) in [5.41, 5.74) is 1.43. The molecule has 20 heavy (non-hydrogen) atoms. The maximum Gasteiger partial charge on any atom is 0.226 e. The Hall–Kier alpha value is -2.41. The highest BCUT2D eigenvalue weighted by Gasteiger charge is 2.09. The van der Waals surface area contributed by atoms with E-state index in [9.17, 15) is 4.79 Å². The van der Waals surface area contributed by atoms with Gasteiger partial charge in [-0.15, -0.1) is 10.2 Å². The summed E-state index contributed by atoms with van der Waals surface area (Å²) in [5.74, 6) is 0.457. The van der Waals surface area contributed by atoms with E-state index in [0.717, 1.165) is 5.69 Å². The lowest BCUT2D eigenvalue weighted by Crippen LogP contribution is -2.14. The van der Waals surface area contributed by atoms with Gasteiger partial charge in [0.2, 0.25) is 5.91 Å². The maximum absolute atomic E-state index is 11.8. The number of carbonyl (C=O) groups is 1. The summed E-state index contributed by atoms with van der Waals surface area (Å²) in [4.78, 5) is 11.8. The van der Waals surface area contributed by atoms with E-state index in [0.29, 0.717) is 18.0 Å². The third-order valence-corrected chi connectivity index (χ3v) is 2.71. The van der Waals surface area contributed by atoms with E-state index in [1.165, 1.54) is 0 Å². The van der Waals surface area contributed by atoms with E-state index in [2.05, 4.69) is 15.5 Å². The van der Waals surface area contributed by atoms with Gasteiger partial charge in [0, 0.05) is 7.11 Å². The second-order valence-corrected chi connectivity index (χ2v) is 4.04. The molecule has 2 rings (SSSR count). The molecule has 0 radical (unpaired) electrons. The standard InChI is InChI=1S/C13H16N4O3/c1-19-6-5-13(18)16-11-7-10(3-4-12(11)20-2)17-8-14-15-9-17/h3-4,7-9H,5-6H2,1-2H3,(H,16,18). The Balaban J connectivity index is 2.21. The number of anilines is 1. The van der Waals surface area contributed by atoms with Crippen LogP contribution in [-0.4, -0.2) is 41.5 Å². The van der Waals surface area contributed by atoms with Crippen molar-refractivity contribution in [3.05, 3.63) is 30.9 Å². The molecule has 0 bridgehead atoms. The summed E-state index contributed by atoms with van der Waals surface area (Å²) in [6.07, 6.45) is 3.45. The third-order valence-electron chi connectivity index (χ3n) is 2.71. The molecule has 106 valence electrons. The van der Waals surface area contributed by atoms with E-state index in [1.807, 2.05) is 6.07 Å². The van der Waals surface area contributed by atoms with Crippen molar-refractivity contribution in [2.24, 2.45) is 0 Å². The molecular weight excluding hydrogens is 260 g/mol. The molecule has 1 heterocycles.